The summed E-state index contributed by atoms with van der Waals surface area (Å²) >= 11 is 0. The molecule has 154 valence electrons. The fourth-order valence-electron chi connectivity index (χ4n) is 2.99. The smallest absolute Gasteiger partial charge is 0.272 e. The number of nitrogens with one attached hydrogen (secondary N) is 1. The van der Waals surface area contributed by atoms with Crippen LogP contribution in [0.5, 0.6) is 5.75 Å². The molecular weight excluding hydrogens is 382 g/mol. The number of ether oxygens (including phenoxy) is 1. The quantitative estimate of drug-likeness (QED) is 0.570. The maximum atomic E-state index is 12.3. The van der Waals surface area contributed by atoms with Crippen molar-refractivity contribution in [1.82, 2.24) is 20.1 Å². The summed E-state index contributed by atoms with van der Waals surface area (Å²) in [6.07, 6.45) is 1.01. The van der Waals surface area contributed by atoms with Gasteiger partial charge >= 0.3 is 0 Å². The highest BCUT2D eigenvalue weighted by molar-refractivity contribution is 5.86. The van der Waals surface area contributed by atoms with Crippen molar-refractivity contribution in [2.75, 3.05) is 19.8 Å². The Balaban J connectivity index is 1.75. The average Bonchev–Trinajstić information content (AvgIpc) is 3.09. The monoisotopic (exact) mass is 404 g/mol. The van der Waals surface area contributed by atoms with Crippen molar-refractivity contribution in [3.05, 3.63) is 53.5 Å². The average molecular weight is 404 g/mol. The number of aliphatic hydroxyl groups is 1. The van der Waals surface area contributed by atoms with Gasteiger partial charge in [0.25, 0.3) is 6.43 Å². The van der Waals surface area contributed by atoms with Crippen LogP contribution in [0.15, 0.2) is 36.7 Å². The van der Waals surface area contributed by atoms with Gasteiger partial charge in [0, 0.05) is 24.3 Å². The van der Waals surface area contributed by atoms with Crippen molar-refractivity contribution < 1.29 is 23.4 Å². The van der Waals surface area contributed by atoms with E-state index in [9.17, 15) is 13.6 Å². The number of aromatic nitrogens is 3. The molecule has 0 aliphatic carbocycles. The zero-order valence-electron chi connectivity index (χ0n) is 15.9. The maximum Gasteiger partial charge on any atom is 0.272 e. The standard InChI is InChI=1S/C20H22F2N4O3/c1-13-8-14(2-3-18(13)29-12-19(21)22)10-26-11-15-16(25-26)4-5-23-17(15)9-20(28)24-6-7-27/h2-5,8,11,19,27H,6-7,9-10,12H2,1H3,(H,24,28). The fourth-order valence-corrected chi connectivity index (χ4v) is 2.99. The summed E-state index contributed by atoms with van der Waals surface area (Å²) in [5.74, 6) is 0.210. The molecule has 2 aromatic heterocycles. The summed E-state index contributed by atoms with van der Waals surface area (Å²) in [5.41, 5.74) is 3.03. The van der Waals surface area contributed by atoms with Crippen LogP contribution in [-0.2, 0) is 17.8 Å². The molecule has 9 heteroatoms. The normalized spacial score (nSPS) is 11.2. The van der Waals surface area contributed by atoms with Gasteiger partial charge in [-0.15, -0.1) is 0 Å². The highest BCUT2D eigenvalue weighted by Gasteiger charge is 2.12. The van der Waals surface area contributed by atoms with E-state index in [0.717, 1.165) is 22.0 Å². The van der Waals surface area contributed by atoms with Gasteiger partial charge in [0.05, 0.1) is 30.8 Å². The van der Waals surface area contributed by atoms with Gasteiger partial charge in [-0.1, -0.05) is 12.1 Å². The number of pyridine rings is 1. The molecule has 0 bridgehead atoms. The van der Waals surface area contributed by atoms with E-state index < -0.39 is 13.0 Å². The third kappa shape index (κ3) is 5.47. The summed E-state index contributed by atoms with van der Waals surface area (Å²) in [6.45, 7) is 1.72. The zero-order valence-corrected chi connectivity index (χ0v) is 15.9. The first kappa shape index (κ1) is 20.7. The Hall–Kier alpha value is -3.07. The molecular formula is C20H22F2N4O3. The van der Waals surface area contributed by atoms with Gasteiger partial charge in [-0.25, -0.2) is 8.78 Å². The lowest BCUT2D eigenvalue weighted by Crippen LogP contribution is -2.28. The predicted octanol–water partition coefficient (Wildman–Crippen LogP) is 2.08. The largest absolute Gasteiger partial charge is 0.487 e. The summed E-state index contributed by atoms with van der Waals surface area (Å²) in [7, 11) is 0. The van der Waals surface area contributed by atoms with Gasteiger partial charge in [-0.2, -0.15) is 5.10 Å². The van der Waals surface area contributed by atoms with Crippen LogP contribution in [0, 0.1) is 6.92 Å². The highest BCUT2D eigenvalue weighted by atomic mass is 19.3. The lowest BCUT2D eigenvalue weighted by atomic mass is 10.1. The van der Waals surface area contributed by atoms with E-state index in [2.05, 4.69) is 15.4 Å². The number of nitrogens with zero attached hydrogens (tertiary/aromatic N) is 3. The Morgan fingerprint density at radius 3 is 2.90 bits per heavy atom. The van der Waals surface area contributed by atoms with E-state index in [1.165, 1.54) is 0 Å². The molecule has 7 nitrogen and oxygen atoms in total. The number of rotatable bonds is 9. The molecule has 1 aromatic carbocycles. The number of hydrogen-bond donors (Lipinski definition) is 2. The fraction of sp³-hybridized carbons (Fsp3) is 0.350. The van der Waals surface area contributed by atoms with Crippen molar-refractivity contribution in [2.24, 2.45) is 0 Å². The SMILES string of the molecule is Cc1cc(Cn2cc3c(CC(=O)NCCO)nccc3n2)ccc1OCC(F)F. The third-order valence-electron chi connectivity index (χ3n) is 4.27. The van der Waals surface area contributed by atoms with Gasteiger partial charge in [0.15, 0.2) is 0 Å². The molecule has 3 aromatic rings. The summed E-state index contributed by atoms with van der Waals surface area (Å²) in [6, 6.07) is 7.12. The summed E-state index contributed by atoms with van der Waals surface area (Å²) < 4.78 is 31.5. The number of benzene rings is 1. The molecule has 3 rings (SSSR count). The number of halogens is 2. The van der Waals surface area contributed by atoms with E-state index in [1.54, 1.807) is 29.9 Å². The molecule has 29 heavy (non-hydrogen) atoms. The second kappa shape index (κ2) is 9.42. The van der Waals surface area contributed by atoms with Crippen molar-refractivity contribution in [2.45, 2.75) is 26.3 Å². The van der Waals surface area contributed by atoms with Crippen LogP contribution < -0.4 is 10.1 Å². The number of carbonyl (C=O) groups excluding carboxylic acids is 1. The Bertz CT molecular complexity index is 991. The molecule has 0 fully saturated rings. The van der Waals surface area contributed by atoms with Crippen LogP contribution >= 0.6 is 0 Å². The van der Waals surface area contributed by atoms with Crippen molar-refractivity contribution >= 4 is 16.8 Å². The topological polar surface area (TPSA) is 89.3 Å². The Morgan fingerprint density at radius 2 is 2.17 bits per heavy atom. The summed E-state index contributed by atoms with van der Waals surface area (Å²) in [4.78, 5) is 16.2. The first-order valence-corrected chi connectivity index (χ1v) is 9.15. The van der Waals surface area contributed by atoms with Gasteiger partial charge in [0.1, 0.15) is 12.4 Å². The first-order valence-electron chi connectivity index (χ1n) is 9.15. The molecule has 0 saturated heterocycles. The van der Waals surface area contributed by atoms with E-state index in [1.807, 2.05) is 18.3 Å². The molecule has 0 saturated carbocycles. The molecule has 0 spiro atoms. The molecule has 2 heterocycles. The molecule has 2 N–H and O–H groups in total. The van der Waals surface area contributed by atoms with Gasteiger partial charge in [-0.05, 0) is 30.2 Å². The van der Waals surface area contributed by atoms with Gasteiger partial charge in [0.2, 0.25) is 5.91 Å². The van der Waals surface area contributed by atoms with E-state index in [-0.39, 0.29) is 25.5 Å². The number of aryl methyl sites for hydroxylation is 1. The lowest BCUT2D eigenvalue weighted by Gasteiger charge is -2.10. The number of alkyl halides is 2. The van der Waals surface area contributed by atoms with Crippen molar-refractivity contribution in [3.63, 3.8) is 0 Å². The van der Waals surface area contributed by atoms with Crippen molar-refractivity contribution in [1.29, 1.82) is 0 Å². The second-order valence-corrected chi connectivity index (χ2v) is 6.57. The van der Waals surface area contributed by atoms with E-state index in [0.29, 0.717) is 18.0 Å². The highest BCUT2D eigenvalue weighted by Crippen LogP contribution is 2.21. The minimum absolute atomic E-state index is 0.0955. The maximum absolute atomic E-state index is 12.3. The number of fused-ring (bicyclic) bond motifs is 1. The van der Waals surface area contributed by atoms with Gasteiger partial charge < -0.3 is 15.2 Å². The first-order chi connectivity index (χ1) is 14.0. The molecule has 0 atom stereocenters. The second-order valence-electron chi connectivity index (χ2n) is 6.57. The van der Waals surface area contributed by atoms with Crippen molar-refractivity contribution in [3.8, 4) is 5.75 Å². The predicted molar refractivity (Wildman–Crippen MR) is 103 cm³/mol. The van der Waals surface area contributed by atoms with Gasteiger partial charge in [-0.3, -0.25) is 14.5 Å². The Labute approximate surface area is 166 Å². The van der Waals surface area contributed by atoms with Crippen LogP contribution in [0.25, 0.3) is 10.9 Å². The zero-order chi connectivity index (χ0) is 20.8. The number of aliphatic hydroxyl groups excluding tert-OH is 1. The molecule has 0 aliphatic rings. The molecule has 0 unspecified atom stereocenters. The lowest BCUT2D eigenvalue weighted by molar-refractivity contribution is -0.120. The summed E-state index contributed by atoms with van der Waals surface area (Å²) in [5, 5.41) is 16.7. The minimum atomic E-state index is -2.51. The molecule has 0 radical (unpaired) electrons. The van der Waals surface area contributed by atoms with E-state index >= 15 is 0 Å². The Kier molecular flexibility index (Phi) is 6.71. The molecule has 0 aliphatic heterocycles. The minimum Gasteiger partial charge on any atom is -0.487 e. The molecule has 1 amide bonds. The number of hydrogen-bond acceptors (Lipinski definition) is 5. The number of amides is 1. The van der Waals surface area contributed by atoms with Crippen LogP contribution in [-0.4, -0.2) is 52.0 Å². The van der Waals surface area contributed by atoms with Crippen LogP contribution in [0.1, 0.15) is 16.8 Å². The third-order valence-corrected chi connectivity index (χ3v) is 4.27. The van der Waals surface area contributed by atoms with Crippen LogP contribution in [0.4, 0.5) is 8.78 Å². The van der Waals surface area contributed by atoms with E-state index in [4.69, 9.17) is 9.84 Å². The Morgan fingerprint density at radius 1 is 1.34 bits per heavy atom. The van der Waals surface area contributed by atoms with Crippen LogP contribution in [0.2, 0.25) is 0 Å². The van der Waals surface area contributed by atoms with Crippen LogP contribution in [0.3, 0.4) is 0 Å². The number of carbonyl (C=O) groups is 1.